The number of alkyl halides is 2. The van der Waals surface area contributed by atoms with E-state index < -0.39 is 6.61 Å². The smallest absolute Gasteiger partial charge is 0.387 e. The van der Waals surface area contributed by atoms with Gasteiger partial charge in [-0.1, -0.05) is 6.07 Å². The lowest BCUT2D eigenvalue weighted by Crippen LogP contribution is -2.36. The van der Waals surface area contributed by atoms with E-state index in [-0.39, 0.29) is 29.7 Å². The number of imidazole rings is 1. The Labute approximate surface area is 204 Å². The number of aromatic nitrogens is 5. The lowest BCUT2D eigenvalue weighted by Gasteiger charge is -2.25. The number of carbonyl (C=O) groups is 1. The first-order valence-corrected chi connectivity index (χ1v) is 11.8. The fourth-order valence-corrected chi connectivity index (χ4v) is 5.51. The van der Waals surface area contributed by atoms with Crippen LogP contribution in [-0.2, 0) is 0 Å². The van der Waals surface area contributed by atoms with Crippen molar-refractivity contribution in [3.05, 3.63) is 71.1 Å². The number of rotatable bonds is 4. The minimum Gasteiger partial charge on any atom is -0.434 e. The van der Waals surface area contributed by atoms with Gasteiger partial charge in [0.2, 0.25) is 0 Å². The zero-order valence-electron chi connectivity index (χ0n) is 19.2. The van der Waals surface area contributed by atoms with Gasteiger partial charge in [0.15, 0.2) is 5.65 Å². The molecule has 1 fully saturated rings. The summed E-state index contributed by atoms with van der Waals surface area (Å²) in [5, 5.41) is 8.14. The van der Waals surface area contributed by atoms with E-state index >= 15 is 0 Å². The van der Waals surface area contributed by atoms with E-state index in [4.69, 9.17) is 14.8 Å². The summed E-state index contributed by atoms with van der Waals surface area (Å²) >= 11 is 0. The number of ether oxygens (including phenoxy) is 1. The van der Waals surface area contributed by atoms with Gasteiger partial charge in [0, 0.05) is 42.0 Å². The van der Waals surface area contributed by atoms with Gasteiger partial charge in [0.1, 0.15) is 11.6 Å². The number of hydrogen-bond donors (Lipinski definition) is 1. The molecule has 4 aromatic rings. The molecule has 2 bridgehead atoms. The first-order valence-electron chi connectivity index (χ1n) is 11.8. The van der Waals surface area contributed by atoms with Crippen molar-refractivity contribution in [1.82, 2.24) is 34.8 Å². The van der Waals surface area contributed by atoms with Crippen LogP contribution in [-0.4, -0.2) is 55.6 Å². The maximum Gasteiger partial charge on any atom is 0.387 e. The lowest BCUT2D eigenvalue weighted by atomic mass is 9.91. The second-order valence-corrected chi connectivity index (χ2v) is 9.31. The first kappa shape index (κ1) is 21.3. The minimum absolute atomic E-state index is 0.00227. The number of nitrogens with one attached hydrogen (secondary N) is 1. The van der Waals surface area contributed by atoms with E-state index in [2.05, 4.69) is 15.3 Å². The van der Waals surface area contributed by atoms with Crippen LogP contribution in [0, 0.1) is 0 Å². The Morgan fingerprint density at radius 1 is 1.17 bits per heavy atom. The second-order valence-electron chi connectivity index (χ2n) is 9.31. The Morgan fingerprint density at radius 3 is 2.69 bits per heavy atom. The summed E-state index contributed by atoms with van der Waals surface area (Å²) in [6, 6.07) is 8.31. The zero-order valence-corrected chi connectivity index (χ0v) is 19.2. The van der Waals surface area contributed by atoms with Crippen LogP contribution >= 0.6 is 0 Å². The highest BCUT2D eigenvalue weighted by molar-refractivity contribution is 5.98. The Kier molecular flexibility index (Phi) is 4.59. The standard InChI is InChI=1S/C25H21F2N7O2/c1-33-17-9-14(20-13(24(33)35)3-2-4-18(20)36-25(26)27)22-21(17)31-19-6-5-15(32-34(19)22)12-10-29-23(30-11-12)16-7-8-28-16/h2-6,10-11,14,16-17,25,28H,7-9H2,1H3. The Balaban J connectivity index is 1.37. The highest BCUT2D eigenvalue weighted by Gasteiger charge is 2.46. The number of nitrogens with zero attached hydrogens (tertiary/aromatic N) is 6. The normalized spacial score (nSPS) is 22.4. The average molecular weight is 489 g/mol. The molecule has 11 heteroatoms. The van der Waals surface area contributed by atoms with Gasteiger partial charge in [0.05, 0.1) is 29.2 Å². The molecule has 9 nitrogen and oxygen atoms in total. The van der Waals surface area contributed by atoms with Gasteiger partial charge >= 0.3 is 6.61 Å². The maximum atomic E-state index is 13.3. The molecule has 1 N–H and O–H groups in total. The van der Waals surface area contributed by atoms with Crippen LogP contribution < -0.4 is 10.1 Å². The van der Waals surface area contributed by atoms with Crippen molar-refractivity contribution in [2.24, 2.45) is 0 Å². The van der Waals surface area contributed by atoms with E-state index in [0.29, 0.717) is 28.9 Å². The maximum absolute atomic E-state index is 13.3. The average Bonchev–Trinajstić information content (AvgIpc) is 3.36. The summed E-state index contributed by atoms with van der Waals surface area (Å²) in [5.41, 5.74) is 4.34. The number of carbonyl (C=O) groups excluding carboxylic acids is 1. The van der Waals surface area contributed by atoms with Crippen LogP contribution in [0.25, 0.3) is 16.9 Å². The molecule has 5 heterocycles. The lowest BCUT2D eigenvalue weighted by molar-refractivity contribution is -0.0506. The molecule has 182 valence electrons. The second kappa shape index (κ2) is 7.76. The van der Waals surface area contributed by atoms with Crippen molar-refractivity contribution in [1.29, 1.82) is 0 Å². The van der Waals surface area contributed by atoms with Crippen molar-refractivity contribution < 1.29 is 18.3 Å². The summed E-state index contributed by atoms with van der Waals surface area (Å²) < 4.78 is 33.2. The van der Waals surface area contributed by atoms with Crippen LogP contribution in [0.4, 0.5) is 8.78 Å². The van der Waals surface area contributed by atoms with E-state index in [1.807, 2.05) is 12.1 Å². The Bertz CT molecular complexity index is 1520. The molecule has 1 aliphatic carbocycles. The third-order valence-electron chi connectivity index (χ3n) is 7.40. The molecule has 2 aliphatic heterocycles. The van der Waals surface area contributed by atoms with Crippen molar-refractivity contribution in [2.45, 2.75) is 37.5 Å². The topological polar surface area (TPSA) is 97.5 Å². The van der Waals surface area contributed by atoms with E-state index in [9.17, 15) is 13.6 Å². The molecular formula is C25H21F2N7O2. The fraction of sp³-hybridized carbons (Fsp3) is 0.320. The van der Waals surface area contributed by atoms with Crippen LogP contribution in [0.3, 0.4) is 0 Å². The number of halogens is 2. The summed E-state index contributed by atoms with van der Waals surface area (Å²) in [7, 11) is 1.72. The summed E-state index contributed by atoms with van der Waals surface area (Å²) in [5.74, 6) is 0.134. The molecule has 0 spiro atoms. The number of hydrogen-bond acceptors (Lipinski definition) is 7. The molecule has 3 unspecified atom stereocenters. The van der Waals surface area contributed by atoms with Crippen LogP contribution in [0.15, 0.2) is 42.7 Å². The van der Waals surface area contributed by atoms with Crippen molar-refractivity contribution >= 4 is 11.6 Å². The molecule has 0 radical (unpaired) electrons. The molecule has 1 saturated heterocycles. The molecule has 1 aromatic carbocycles. The predicted molar refractivity (Wildman–Crippen MR) is 124 cm³/mol. The van der Waals surface area contributed by atoms with Crippen LogP contribution in [0.5, 0.6) is 5.75 Å². The molecule has 3 aliphatic rings. The molecule has 3 aromatic heterocycles. The Hall–Kier alpha value is -3.99. The molecule has 36 heavy (non-hydrogen) atoms. The monoisotopic (exact) mass is 489 g/mol. The van der Waals surface area contributed by atoms with Gasteiger partial charge in [-0.15, -0.1) is 0 Å². The van der Waals surface area contributed by atoms with Gasteiger partial charge in [-0.2, -0.15) is 13.9 Å². The van der Waals surface area contributed by atoms with E-state index in [0.717, 1.165) is 35.7 Å². The summed E-state index contributed by atoms with van der Waals surface area (Å²) in [6.45, 7) is -2.04. The summed E-state index contributed by atoms with van der Waals surface area (Å²) in [6.07, 6.45) is 5.04. The molecule has 0 saturated carbocycles. The minimum atomic E-state index is -3.01. The zero-order chi connectivity index (χ0) is 24.6. The SMILES string of the molecule is CN1C(=O)c2cccc(OC(F)F)c2C2CC1c1nc3ccc(-c4cnc(C5CCN5)nc4)nn3c12. The van der Waals surface area contributed by atoms with E-state index in [1.165, 1.54) is 6.07 Å². The number of amides is 1. The van der Waals surface area contributed by atoms with Crippen molar-refractivity contribution in [3.63, 3.8) is 0 Å². The van der Waals surface area contributed by atoms with Gasteiger partial charge in [0.25, 0.3) is 5.91 Å². The van der Waals surface area contributed by atoms with E-state index in [1.54, 1.807) is 41.0 Å². The van der Waals surface area contributed by atoms with Gasteiger partial charge in [-0.25, -0.2) is 19.5 Å². The summed E-state index contributed by atoms with van der Waals surface area (Å²) in [4.78, 5) is 28.7. The van der Waals surface area contributed by atoms with Crippen molar-refractivity contribution in [3.8, 4) is 17.0 Å². The largest absolute Gasteiger partial charge is 0.434 e. The molecule has 1 amide bonds. The van der Waals surface area contributed by atoms with Crippen molar-refractivity contribution in [2.75, 3.05) is 13.6 Å². The highest BCUT2D eigenvalue weighted by Crippen LogP contribution is 2.52. The van der Waals surface area contributed by atoms with Gasteiger partial charge in [-0.3, -0.25) is 4.79 Å². The quantitative estimate of drug-likeness (QED) is 0.469. The van der Waals surface area contributed by atoms with Crippen LogP contribution in [0.2, 0.25) is 0 Å². The van der Waals surface area contributed by atoms with Gasteiger partial charge in [-0.05, 0) is 43.7 Å². The third kappa shape index (κ3) is 3.05. The predicted octanol–water partition coefficient (Wildman–Crippen LogP) is 3.48. The number of benzene rings is 1. The third-order valence-corrected chi connectivity index (χ3v) is 7.40. The fourth-order valence-electron chi connectivity index (χ4n) is 5.51. The molecule has 3 atom stereocenters. The van der Waals surface area contributed by atoms with Gasteiger partial charge < -0.3 is 15.0 Å². The first-order chi connectivity index (χ1) is 17.5. The Morgan fingerprint density at radius 2 is 1.97 bits per heavy atom. The molecular weight excluding hydrogens is 468 g/mol. The number of fused-ring (bicyclic) bond motifs is 9. The van der Waals surface area contributed by atoms with Crippen LogP contribution in [0.1, 0.15) is 64.0 Å². The molecule has 7 rings (SSSR count). The highest BCUT2D eigenvalue weighted by atomic mass is 19.3.